The van der Waals surface area contributed by atoms with Gasteiger partial charge in [-0.1, -0.05) is 12.1 Å². The van der Waals surface area contributed by atoms with E-state index in [0.717, 1.165) is 6.07 Å². The van der Waals surface area contributed by atoms with Crippen LogP contribution in [0.5, 0.6) is 0 Å². The lowest BCUT2D eigenvalue weighted by molar-refractivity contribution is 0.169. The van der Waals surface area contributed by atoms with Crippen molar-refractivity contribution in [2.75, 3.05) is 13.7 Å². The maximum atomic E-state index is 13.8. The summed E-state index contributed by atoms with van der Waals surface area (Å²) in [5.74, 6) is -2.06. The van der Waals surface area contributed by atoms with Crippen molar-refractivity contribution < 1.29 is 18.6 Å². The van der Waals surface area contributed by atoms with Gasteiger partial charge in [0.2, 0.25) is 0 Å². The van der Waals surface area contributed by atoms with Crippen LogP contribution in [0.3, 0.4) is 0 Å². The zero-order valence-electron chi connectivity index (χ0n) is 10.7. The lowest BCUT2D eigenvalue weighted by atomic mass is 10.1. The molecule has 1 unspecified atom stereocenters. The normalized spacial score (nSPS) is 12.7. The van der Waals surface area contributed by atoms with E-state index in [1.54, 1.807) is 7.11 Å². The van der Waals surface area contributed by atoms with Gasteiger partial charge in [-0.15, -0.1) is 0 Å². The highest BCUT2D eigenvalue weighted by Gasteiger charge is 2.23. The number of aromatic nitrogens is 2. The minimum atomic E-state index is -1.32. The first-order chi connectivity index (χ1) is 9.56. The van der Waals surface area contributed by atoms with E-state index in [1.807, 2.05) is 0 Å². The van der Waals surface area contributed by atoms with Gasteiger partial charge in [-0.3, -0.25) is 4.68 Å². The molecule has 0 saturated heterocycles. The average molecular weight is 347 g/mol. The van der Waals surface area contributed by atoms with E-state index in [9.17, 15) is 13.9 Å². The molecule has 0 aliphatic rings. The lowest BCUT2D eigenvalue weighted by Crippen LogP contribution is -2.14. The summed E-state index contributed by atoms with van der Waals surface area (Å²) in [5, 5.41) is 14.4. The van der Waals surface area contributed by atoms with Gasteiger partial charge in [-0.05, 0) is 22.0 Å². The maximum absolute atomic E-state index is 13.8. The molecule has 1 aromatic carbocycles. The van der Waals surface area contributed by atoms with Crippen LogP contribution in [0.15, 0.2) is 28.9 Å². The number of aliphatic hydroxyl groups excluding tert-OH is 1. The molecule has 1 N–H and O–H groups in total. The summed E-state index contributed by atoms with van der Waals surface area (Å²) < 4.78 is 34.0. The molecular weight excluding hydrogens is 334 g/mol. The minimum absolute atomic E-state index is 0.134. The van der Waals surface area contributed by atoms with Gasteiger partial charge >= 0.3 is 0 Å². The quantitative estimate of drug-likeness (QED) is 0.905. The monoisotopic (exact) mass is 346 g/mol. The summed E-state index contributed by atoms with van der Waals surface area (Å²) in [5.41, 5.74) is 0.219. The zero-order chi connectivity index (χ0) is 14.7. The number of halogens is 3. The first-order valence-corrected chi connectivity index (χ1v) is 6.67. The molecule has 7 heteroatoms. The van der Waals surface area contributed by atoms with Crippen molar-refractivity contribution >= 4 is 15.9 Å². The predicted octanol–water partition coefficient (Wildman–Crippen LogP) is 2.65. The molecule has 0 fully saturated rings. The molecule has 4 nitrogen and oxygen atoms in total. The molecule has 0 radical (unpaired) electrons. The Labute approximate surface area is 123 Å². The Kier molecular flexibility index (Phi) is 4.85. The Morgan fingerprint density at radius 1 is 1.45 bits per heavy atom. The van der Waals surface area contributed by atoms with E-state index in [2.05, 4.69) is 21.0 Å². The molecule has 108 valence electrons. The van der Waals surface area contributed by atoms with E-state index < -0.39 is 17.7 Å². The van der Waals surface area contributed by atoms with Crippen molar-refractivity contribution in [1.29, 1.82) is 0 Å². The van der Waals surface area contributed by atoms with E-state index in [4.69, 9.17) is 4.74 Å². The average Bonchev–Trinajstić information content (AvgIpc) is 2.80. The standard InChI is InChI=1S/C13H13BrF2N2O2/c1-20-6-5-18-12(9(14)7-17-18)13(19)8-3-2-4-10(15)11(8)16/h2-4,7,13,19H,5-6H2,1H3. The fourth-order valence-electron chi connectivity index (χ4n) is 1.88. The maximum Gasteiger partial charge on any atom is 0.165 e. The Bertz CT molecular complexity index is 604. The molecule has 0 aliphatic heterocycles. The van der Waals surface area contributed by atoms with Crippen LogP contribution in [0.25, 0.3) is 0 Å². The smallest absolute Gasteiger partial charge is 0.165 e. The molecule has 2 rings (SSSR count). The van der Waals surface area contributed by atoms with Gasteiger partial charge in [0.15, 0.2) is 11.6 Å². The second-order valence-electron chi connectivity index (χ2n) is 4.14. The van der Waals surface area contributed by atoms with E-state index in [-0.39, 0.29) is 5.56 Å². The third-order valence-electron chi connectivity index (χ3n) is 2.88. The van der Waals surface area contributed by atoms with Crippen LogP contribution in [0.2, 0.25) is 0 Å². The molecule has 1 aromatic heterocycles. The van der Waals surface area contributed by atoms with Crippen molar-refractivity contribution in [1.82, 2.24) is 9.78 Å². The fourth-order valence-corrected chi connectivity index (χ4v) is 2.39. The second kappa shape index (κ2) is 6.43. The van der Waals surface area contributed by atoms with E-state index in [1.165, 1.54) is 23.0 Å². The SMILES string of the molecule is COCCn1ncc(Br)c1C(O)c1cccc(F)c1F. The number of aliphatic hydroxyl groups is 1. The minimum Gasteiger partial charge on any atom is -0.383 e. The summed E-state index contributed by atoms with van der Waals surface area (Å²) in [6, 6.07) is 3.69. The third kappa shape index (κ3) is 2.89. The van der Waals surface area contributed by atoms with E-state index >= 15 is 0 Å². The highest BCUT2D eigenvalue weighted by molar-refractivity contribution is 9.10. The Balaban J connectivity index is 2.40. The van der Waals surface area contributed by atoms with Crippen LogP contribution in [0.4, 0.5) is 8.78 Å². The Hall–Kier alpha value is -1.31. The topological polar surface area (TPSA) is 47.3 Å². The number of methoxy groups -OCH3 is 1. The molecule has 2 aromatic rings. The van der Waals surface area contributed by atoms with Crippen molar-refractivity contribution in [3.8, 4) is 0 Å². The summed E-state index contributed by atoms with van der Waals surface area (Å²) in [4.78, 5) is 0. The van der Waals surface area contributed by atoms with Gasteiger partial charge < -0.3 is 9.84 Å². The van der Waals surface area contributed by atoms with Gasteiger partial charge in [-0.25, -0.2) is 8.78 Å². The van der Waals surface area contributed by atoms with Crippen LogP contribution in [0.1, 0.15) is 17.4 Å². The number of rotatable bonds is 5. The number of benzene rings is 1. The molecule has 0 bridgehead atoms. The molecule has 0 saturated carbocycles. The molecular formula is C13H13BrF2N2O2. The highest BCUT2D eigenvalue weighted by Crippen LogP contribution is 2.30. The fraction of sp³-hybridized carbons (Fsp3) is 0.308. The first-order valence-electron chi connectivity index (χ1n) is 5.88. The number of hydrogen-bond donors (Lipinski definition) is 1. The molecule has 20 heavy (non-hydrogen) atoms. The van der Waals surface area contributed by atoms with Gasteiger partial charge in [0.25, 0.3) is 0 Å². The van der Waals surface area contributed by atoms with Crippen LogP contribution >= 0.6 is 15.9 Å². The van der Waals surface area contributed by atoms with Crippen molar-refractivity contribution in [3.05, 3.63) is 51.8 Å². The summed E-state index contributed by atoms with van der Waals surface area (Å²) in [7, 11) is 1.54. The van der Waals surface area contributed by atoms with E-state index in [0.29, 0.717) is 23.3 Å². The molecule has 0 spiro atoms. The molecule has 1 atom stereocenters. The van der Waals surface area contributed by atoms with Gasteiger partial charge in [0, 0.05) is 12.7 Å². The number of nitrogens with zero attached hydrogens (tertiary/aromatic N) is 2. The van der Waals surface area contributed by atoms with Crippen LogP contribution in [-0.2, 0) is 11.3 Å². The van der Waals surface area contributed by atoms with Crippen LogP contribution < -0.4 is 0 Å². The molecule has 0 aliphatic carbocycles. The zero-order valence-corrected chi connectivity index (χ0v) is 12.3. The second-order valence-corrected chi connectivity index (χ2v) is 4.99. The van der Waals surface area contributed by atoms with Crippen molar-refractivity contribution in [2.45, 2.75) is 12.6 Å². The van der Waals surface area contributed by atoms with Crippen molar-refractivity contribution in [2.24, 2.45) is 0 Å². The number of hydrogen-bond acceptors (Lipinski definition) is 3. The highest BCUT2D eigenvalue weighted by atomic mass is 79.9. The molecule has 0 amide bonds. The van der Waals surface area contributed by atoms with Crippen molar-refractivity contribution in [3.63, 3.8) is 0 Å². The van der Waals surface area contributed by atoms with Gasteiger partial charge in [0.05, 0.1) is 29.5 Å². The van der Waals surface area contributed by atoms with Crippen LogP contribution in [-0.4, -0.2) is 28.6 Å². The molecule has 1 heterocycles. The predicted molar refractivity (Wildman–Crippen MR) is 72.2 cm³/mol. The Morgan fingerprint density at radius 2 is 2.20 bits per heavy atom. The largest absolute Gasteiger partial charge is 0.383 e. The third-order valence-corrected chi connectivity index (χ3v) is 3.49. The summed E-state index contributed by atoms with van der Waals surface area (Å²) >= 11 is 3.25. The van der Waals surface area contributed by atoms with Gasteiger partial charge in [0.1, 0.15) is 6.10 Å². The lowest BCUT2D eigenvalue weighted by Gasteiger charge is -2.15. The van der Waals surface area contributed by atoms with Gasteiger partial charge in [-0.2, -0.15) is 5.10 Å². The summed E-state index contributed by atoms with van der Waals surface area (Å²) in [6.07, 6.45) is 0.172. The van der Waals surface area contributed by atoms with Crippen LogP contribution in [0, 0.1) is 11.6 Å². The summed E-state index contributed by atoms with van der Waals surface area (Å²) in [6.45, 7) is 0.783. The first kappa shape index (κ1) is 15.1. The Morgan fingerprint density at radius 3 is 2.90 bits per heavy atom. The number of ether oxygens (including phenoxy) is 1.